The van der Waals surface area contributed by atoms with Crippen molar-refractivity contribution in [1.29, 1.82) is 0 Å². The summed E-state index contributed by atoms with van der Waals surface area (Å²) in [4.78, 5) is 16.9. The molecule has 128 valence electrons. The fourth-order valence-corrected chi connectivity index (χ4v) is 3.26. The Kier molecular flexibility index (Phi) is 4.33. The van der Waals surface area contributed by atoms with Crippen molar-refractivity contribution in [2.75, 3.05) is 0 Å². The maximum absolute atomic E-state index is 12.5. The van der Waals surface area contributed by atoms with Crippen LogP contribution in [-0.4, -0.2) is 26.7 Å². The second-order valence-electron chi connectivity index (χ2n) is 6.35. The van der Waals surface area contributed by atoms with Gasteiger partial charge in [0, 0.05) is 17.8 Å². The largest absolute Gasteiger partial charge is 0.348 e. The van der Waals surface area contributed by atoms with Gasteiger partial charge in [0.2, 0.25) is 11.7 Å². The molecule has 1 amide bonds. The molecule has 0 saturated heterocycles. The SMILES string of the molecule is O=C(NC1CCCC1)c1cccn1Cc1nc(-c2ccccc2)no1. The van der Waals surface area contributed by atoms with E-state index in [1.54, 1.807) is 0 Å². The summed E-state index contributed by atoms with van der Waals surface area (Å²) in [6, 6.07) is 13.7. The summed E-state index contributed by atoms with van der Waals surface area (Å²) < 4.78 is 7.19. The molecule has 25 heavy (non-hydrogen) atoms. The van der Waals surface area contributed by atoms with Crippen LogP contribution in [0.5, 0.6) is 0 Å². The second kappa shape index (κ2) is 6.93. The molecule has 1 aliphatic rings. The summed E-state index contributed by atoms with van der Waals surface area (Å²) in [6.45, 7) is 0.375. The Hall–Kier alpha value is -2.89. The topological polar surface area (TPSA) is 73.0 Å². The Morgan fingerprint density at radius 1 is 1.16 bits per heavy atom. The van der Waals surface area contributed by atoms with E-state index in [2.05, 4.69) is 15.5 Å². The van der Waals surface area contributed by atoms with Crippen LogP contribution < -0.4 is 5.32 Å². The average Bonchev–Trinajstić information content (AvgIpc) is 3.38. The third-order valence-electron chi connectivity index (χ3n) is 4.56. The normalized spacial score (nSPS) is 14.7. The van der Waals surface area contributed by atoms with Gasteiger partial charge in [-0.1, -0.05) is 48.3 Å². The first kappa shape index (κ1) is 15.6. The van der Waals surface area contributed by atoms with Gasteiger partial charge in [0.05, 0.1) is 0 Å². The fraction of sp³-hybridized carbons (Fsp3) is 0.316. The van der Waals surface area contributed by atoms with Crippen LogP contribution in [0.2, 0.25) is 0 Å². The van der Waals surface area contributed by atoms with Crippen LogP contribution in [0.15, 0.2) is 53.2 Å². The molecule has 1 N–H and O–H groups in total. The molecule has 0 unspecified atom stereocenters. The lowest BCUT2D eigenvalue weighted by atomic mass is 10.2. The molecule has 0 aliphatic heterocycles. The smallest absolute Gasteiger partial charge is 0.268 e. The zero-order valence-corrected chi connectivity index (χ0v) is 13.9. The van der Waals surface area contributed by atoms with Crippen LogP contribution in [-0.2, 0) is 6.54 Å². The third-order valence-corrected chi connectivity index (χ3v) is 4.56. The van der Waals surface area contributed by atoms with E-state index in [1.165, 1.54) is 12.8 Å². The van der Waals surface area contributed by atoms with E-state index < -0.39 is 0 Å². The van der Waals surface area contributed by atoms with Crippen LogP contribution in [0, 0.1) is 0 Å². The molecule has 1 saturated carbocycles. The number of hydrogen-bond donors (Lipinski definition) is 1. The van der Waals surface area contributed by atoms with Gasteiger partial charge in [-0.05, 0) is 25.0 Å². The maximum atomic E-state index is 12.5. The predicted molar refractivity (Wildman–Crippen MR) is 93.0 cm³/mol. The van der Waals surface area contributed by atoms with Crippen LogP contribution in [0.1, 0.15) is 42.1 Å². The van der Waals surface area contributed by atoms with Gasteiger partial charge < -0.3 is 14.4 Å². The monoisotopic (exact) mass is 336 g/mol. The van der Waals surface area contributed by atoms with Crippen molar-refractivity contribution in [3.05, 3.63) is 60.2 Å². The van der Waals surface area contributed by atoms with E-state index in [9.17, 15) is 4.79 Å². The summed E-state index contributed by atoms with van der Waals surface area (Å²) in [5, 5.41) is 7.14. The van der Waals surface area contributed by atoms with Gasteiger partial charge in [-0.25, -0.2) is 0 Å². The van der Waals surface area contributed by atoms with Crippen molar-refractivity contribution in [3.63, 3.8) is 0 Å². The summed E-state index contributed by atoms with van der Waals surface area (Å²) in [7, 11) is 0. The van der Waals surface area contributed by atoms with Crippen LogP contribution >= 0.6 is 0 Å². The molecular formula is C19H20N4O2. The Labute approximate surface area is 145 Å². The first-order chi connectivity index (χ1) is 12.3. The van der Waals surface area contributed by atoms with Crippen LogP contribution in [0.3, 0.4) is 0 Å². The number of aromatic nitrogens is 3. The molecule has 2 heterocycles. The molecule has 4 rings (SSSR count). The van der Waals surface area contributed by atoms with Crippen LogP contribution in [0.25, 0.3) is 11.4 Å². The highest BCUT2D eigenvalue weighted by atomic mass is 16.5. The van der Waals surface area contributed by atoms with Gasteiger partial charge in [0.25, 0.3) is 5.91 Å². The molecule has 1 fully saturated rings. The van der Waals surface area contributed by atoms with E-state index in [0.717, 1.165) is 18.4 Å². The molecule has 6 nitrogen and oxygen atoms in total. The summed E-state index contributed by atoms with van der Waals surface area (Å²) in [5.41, 5.74) is 1.52. The standard InChI is InChI=1S/C19H20N4O2/c24-19(20-15-9-4-5-10-15)16-11-6-12-23(16)13-17-21-18(22-25-17)14-7-2-1-3-8-14/h1-3,6-8,11-12,15H,4-5,9-10,13H2,(H,20,24). The van der Waals surface area contributed by atoms with Gasteiger partial charge in [-0.3, -0.25) is 4.79 Å². The summed E-state index contributed by atoms with van der Waals surface area (Å²) in [6.07, 6.45) is 6.37. The number of rotatable bonds is 5. The number of amides is 1. The highest BCUT2D eigenvalue weighted by Gasteiger charge is 2.20. The minimum absolute atomic E-state index is 0.0419. The molecule has 6 heteroatoms. The Balaban J connectivity index is 1.48. The van der Waals surface area contributed by atoms with Crippen molar-refractivity contribution >= 4 is 5.91 Å². The van der Waals surface area contributed by atoms with E-state index in [0.29, 0.717) is 30.0 Å². The Morgan fingerprint density at radius 3 is 2.76 bits per heavy atom. The van der Waals surface area contributed by atoms with Crippen molar-refractivity contribution in [1.82, 2.24) is 20.0 Å². The highest BCUT2D eigenvalue weighted by molar-refractivity contribution is 5.93. The van der Waals surface area contributed by atoms with Gasteiger partial charge in [0.15, 0.2) is 0 Å². The Morgan fingerprint density at radius 2 is 1.96 bits per heavy atom. The first-order valence-corrected chi connectivity index (χ1v) is 8.63. The molecule has 3 aromatic rings. The minimum atomic E-state index is -0.0419. The number of carbonyl (C=O) groups is 1. The van der Waals surface area contributed by atoms with Gasteiger partial charge in [0.1, 0.15) is 12.2 Å². The molecule has 0 atom stereocenters. The summed E-state index contributed by atoms with van der Waals surface area (Å²) in [5.74, 6) is 0.990. The molecule has 0 spiro atoms. The number of nitrogens with one attached hydrogen (secondary N) is 1. The first-order valence-electron chi connectivity index (χ1n) is 8.63. The fourth-order valence-electron chi connectivity index (χ4n) is 3.26. The van der Waals surface area contributed by atoms with Crippen molar-refractivity contribution in [2.24, 2.45) is 0 Å². The highest BCUT2D eigenvalue weighted by Crippen LogP contribution is 2.19. The zero-order chi connectivity index (χ0) is 17.1. The molecule has 0 bridgehead atoms. The quantitative estimate of drug-likeness (QED) is 0.776. The van der Waals surface area contributed by atoms with E-state index >= 15 is 0 Å². The van der Waals surface area contributed by atoms with E-state index in [1.807, 2.05) is 53.2 Å². The molecule has 2 aromatic heterocycles. The van der Waals surface area contributed by atoms with Gasteiger partial charge >= 0.3 is 0 Å². The van der Waals surface area contributed by atoms with E-state index in [4.69, 9.17) is 4.52 Å². The lowest BCUT2D eigenvalue weighted by molar-refractivity contribution is 0.0928. The van der Waals surface area contributed by atoms with Crippen molar-refractivity contribution in [2.45, 2.75) is 38.3 Å². The van der Waals surface area contributed by atoms with Crippen molar-refractivity contribution < 1.29 is 9.32 Å². The average molecular weight is 336 g/mol. The molecule has 1 aromatic carbocycles. The third kappa shape index (κ3) is 3.47. The lowest BCUT2D eigenvalue weighted by Crippen LogP contribution is -2.34. The minimum Gasteiger partial charge on any atom is -0.348 e. The number of benzene rings is 1. The van der Waals surface area contributed by atoms with Crippen LogP contribution in [0.4, 0.5) is 0 Å². The second-order valence-corrected chi connectivity index (χ2v) is 6.35. The predicted octanol–water partition coefficient (Wildman–Crippen LogP) is 3.26. The zero-order valence-electron chi connectivity index (χ0n) is 13.9. The van der Waals surface area contributed by atoms with Gasteiger partial charge in [-0.2, -0.15) is 4.98 Å². The number of hydrogen-bond acceptors (Lipinski definition) is 4. The summed E-state index contributed by atoms with van der Waals surface area (Å²) >= 11 is 0. The number of carbonyl (C=O) groups excluding carboxylic acids is 1. The lowest BCUT2D eigenvalue weighted by Gasteiger charge is -2.13. The maximum Gasteiger partial charge on any atom is 0.268 e. The van der Waals surface area contributed by atoms with Crippen molar-refractivity contribution in [3.8, 4) is 11.4 Å². The molecule has 0 radical (unpaired) electrons. The van der Waals surface area contributed by atoms with E-state index in [-0.39, 0.29) is 5.91 Å². The molecule has 1 aliphatic carbocycles. The molecular weight excluding hydrogens is 316 g/mol. The Bertz CT molecular complexity index is 847. The van der Waals surface area contributed by atoms with Gasteiger partial charge in [-0.15, -0.1) is 0 Å². The number of nitrogens with zero attached hydrogens (tertiary/aromatic N) is 3.